The van der Waals surface area contributed by atoms with Crippen LogP contribution in [0.2, 0.25) is 5.15 Å². The molecular weight excluding hydrogens is 332 g/mol. The monoisotopic (exact) mass is 340 g/mol. The maximum absolute atomic E-state index is 12.1. The number of pyridine rings is 1. The number of rotatable bonds is 3. The van der Waals surface area contributed by atoms with Gasteiger partial charge < -0.3 is 10.4 Å². The van der Waals surface area contributed by atoms with E-state index in [4.69, 9.17) is 11.6 Å². The topological polar surface area (TPSA) is 62.2 Å². The number of aromatic nitrogens is 1. The highest BCUT2D eigenvalue weighted by molar-refractivity contribution is 9.10. The Morgan fingerprint density at radius 1 is 1.42 bits per heavy atom. The number of nitrogens with zero attached hydrogens (tertiary/aromatic N) is 1. The molecule has 1 amide bonds. The summed E-state index contributed by atoms with van der Waals surface area (Å²) in [6.45, 7) is -0.152. The first-order chi connectivity index (χ1) is 9.11. The predicted octanol–water partition coefficient (Wildman–Crippen LogP) is 3.24. The molecule has 0 unspecified atom stereocenters. The highest BCUT2D eigenvalue weighted by atomic mass is 79.9. The van der Waals surface area contributed by atoms with Crippen molar-refractivity contribution in [3.05, 3.63) is 57.3 Å². The average molecular weight is 342 g/mol. The van der Waals surface area contributed by atoms with E-state index in [1.165, 1.54) is 6.20 Å². The molecule has 0 radical (unpaired) electrons. The van der Waals surface area contributed by atoms with E-state index in [0.717, 1.165) is 0 Å². The van der Waals surface area contributed by atoms with Crippen LogP contribution in [0.25, 0.3) is 0 Å². The van der Waals surface area contributed by atoms with Crippen LogP contribution in [0.4, 0.5) is 5.69 Å². The molecule has 1 aromatic heterocycles. The minimum absolute atomic E-state index is 0.127. The zero-order valence-electron chi connectivity index (χ0n) is 9.73. The van der Waals surface area contributed by atoms with E-state index in [9.17, 15) is 9.90 Å². The molecule has 1 heterocycles. The quantitative estimate of drug-likeness (QED) is 0.843. The van der Waals surface area contributed by atoms with E-state index in [1.54, 1.807) is 30.3 Å². The number of carbonyl (C=O) groups is 1. The van der Waals surface area contributed by atoms with Gasteiger partial charge in [-0.25, -0.2) is 4.98 Å². The molecule has 0 fully saturated rings. The van der Waals surface area contributed by atoms with Crippen molar-refractivity contribution < 1.29 is 9.90 Å². The summed E-state index contributed by atoms with van der Waals surface area (Å²) in [7, 11) is 0. The van der Waals surface area contributed by atoms with Crippen molar-refractivity contribution in [3.63, 3.8) is 0 Å². The third-order valence-corrected chi connectivity index (χ3v) is 3.22. The van der Waals surface area contributed by atoms with Crippen LogP contribution in [0.5, 0.6) is 0 Å². The van der Waals surface area contributed by atoms with Gasteiger partial charge in [0.1, 0.15) is 5.15 Å². The van der Waals surface area contributed by atoms with Crippen molar-refractivity contribution >= 4 is 39.1 Å². The van der Waals surface area contributed by atoms with Gasteiger partial charge in [0, 0.05) is 21.9 Å². The van der Waals surface area contributed by atoms with Crippen LogP contribution in [0, 0.1) is 0 Å². The summed E-state index contributed by atoms with van der Waals surface area (Å²) >= 11 is 9.13. The Labute approximate surface area is 123 Å². The van der Waals surface area contributed by atoms with Gasteiger partial charge in [-0.05, 0) is 28.1 Å². The zero-order chi connectivity index (χ0) is 13.8. The van der Waals surface area contributed by atoms with Crippen LogP contribution in [-0.4, -0.2) is 16.0 Å². The third-order valence-electron chi connectivity index (χ3n) is 2.49. The lowest BCUT2D eigenvalue weighted by Gasteiger charge is -2.10. The van der Waals surface area contributed by atoms with Crippen molar-refractivity contribution in [2.45, 2.75) is 6.61 Å². The first-order valence-electron chi connectivity index (χ1n) is 5.43. The van der Waals surface area contributed by atoms with Crippen LogP contribution >= 0.6 is 27.5 Å². The van der Waals surface area contributed by atoms with Crippen LogP contribution in [0.1, 0.15) is 15.9 Å². The molecule has 0 saturated carbocycles. The van der Waals surface area contributed by atoms with Crippen LogP contribution in [0.3, 0.4) is 0 Å². The Kier molecular flexibility index (Phi) is 4.52. The molecule has 98 valence electrons. The standard InChI is InChI=1S/C13H10BrClN2O2/c14-9-5-10(12(15)16-6-9)13(19)17-11-4-2-1-3-8(11)7-18/h1-6,18H,7H2,(H,17,19). The minimum atomic E-state index is -0.375. The van der Waals surface area contributed by atoms with E-state index in [-0.39, 0.29) is 23.2 Å². The number of aliphatic hydroxyl groups is 1. The van der Waals surface area contributed by atoms with Gasteiger partial charge >= 0.3 is 0 Å². The molecule has 2 aromatic rings. The minimum Gasteiger partial charge on any atom is -0.392 e. The molecule has 2 N–H and O–H groups in total. The van der Waals surface area contributed by atoms with Gasteiger partial charge in [0.25, 0.3) is 5.91 Å². The summed E-state index contributed by atoms with van der Waals surface area (Å²) in [5.41, 5.74) is 1.45. The van der Waals surface area contributed by atoms with Crippen molar-refractivity contribution in [1.29, 1.82) is 0 Å². The van der Waals surface area contributed by atoms with Crippen molar-refractivity contribution in [3.8, 4) is 0 Å². The fourth-order valence-corrected chi connectivity index (χ4v) is 2.07. The lowest BCUT2D eigenvalue weighted by molar-refractivity contribution is 0.102. The largest absolute Gasteiger partial charge is 0.392 e. The molecule has 2 rings (SSSR count). The number of benzene rings is 1. The summed E-state index contributed by atoms with van der Waals surface area (Å²) in [5.74, 6) is -0.375. The molecule has 0 atom stereocenters. The first kappa shape index (κ1) is 14.0. The van der Waals surface area contributed by atoms with Crippen LogP contribution in [-0.2, 0) is 6.61 Å². The molecule has 0 aliphatic heterocycles. The SMILES string of the molecule is O=C(Nc1ccccc1CO)c1cc(Br)cnc1Cl. The van der Waals surface area contributed by atoms with Gasteiger partial charge in [0.05, 0.1) is 12.2 Å². The van der Waals surface area contributed by atoms with Gasteiger partial charge in [-0.1, -0.05) is 29.8 Å². The normalized spacial score (nSPS) is 10.3. The Morgan fingerprint density at radius 3 is 2.89 bits per heavy atom. The van der Waals surface area contributed by atoms with E-state index < -0.39 is 0 Å². The third kappa shape index (κ3) is 3.32. The van der Waals surface area contributed by atoms with Crippen molar-refractivity contribution in [1.82, 2.24) is 4.98 Å². The van der Waals surface area contributed by atoms with Gasteiger partial charge in [-0.2, -0.15) is 0 Å². The number of carbonyl (C=O) groups excluding carboxylic acids is 1. The summed E-state index contributed by atoms with van der Waals surface area (Å²) in [4.78, 5) is 16.0. The van der Waals surface area contributed by atoms with E-state index >= 15 is 0 Å². The number of hydrogen-bond donors (Lipinski definition) is 2. The summed E-state index contributed by atoms with van der Waals surface area (Å²) < 4.78 is 0.664. The van der Waals surface area contributed by atoms with Gasteiger partial charge in [-0.15, -0.1) is 0 Å². The fourth-order valence-electron chi connectivity index (χ4n) is 1.55. The summed E-state index contributed by atoms with van der Waals surface area (Å²) in [6.07, 6.45) is 1.51. The number of halogens is 2. The van der Waals surface area contributed by atoms with Gasteiger partial charge in [0.15, 0.2) is 0 Å². The molecular formula is C13H10BrClN2O2. The number of hydrogen-bond acceptors (Lipinski definition) is 3. The van der Waals surface area contributed by atoms with Gasteiger partial charge in [0.2, 0.25) is 0 Å². The second-order valence-corrected chi connectivity index (χ2v) is 5.03. The molecule has 0 aliphatic carbocycles. The Hall–Kier alpha value is -1.43. The molecule has 1 aromatic carbocycles. The molecule has 0 saturated heterocycles. The second-order valence-electron chi connectivity index (χ2n) is 3.76. The summed E-state index contributed by atoms with van der Waals surface area (Å²) in [6, 6.07) is 8.59. The lowest BCUT2D eigenvalue weighted by Crippen LogP contribution is -2.14. The zero-order valence-corrected chi connectivity index (χ0v) is 12.1. The molecule has 19 heavy (non-hydrogen) atoms. The van der Waals surface area contributed by atoms with Crippen molar-refractivity contribution in [2.75, 3.05) is 5.32 Å². The average Bonchev–Trinajstić information content (AvgIpc) is 2.42. The Morgan fingerprint density at radius 2 is 2.16 bits per heavy atom. The molecule has 4 nitrogen and oxygen atoms in total. The molecule has 0 bridgehead atoms. The highest BCUT2D eigenvalue weighted by Gasteiger charge is 2.13. The molecule has 0 aliphatic rings. The predicted molar refractivity (Wildman–Crippen MR) is 77.3 cm³/mol. The maximum atomic E-state index is 12.1. The number of aliphatic hydroxyl groups excluding tert-OH is 1. The smallest absolute Gasteiger partial charge is 0.258 e. The number of para-hydroxylation sites is 1. The van der Waals surface area contributed by atoms with E-state index in [1.807, 2.05) is 0 Å². The second kappa shape index (κ2) is 6.14. The maximum Gasteiger partial charge on any atom is 0.258 e. The Bertz CT molecular complexity index is 619. The van der Waals surface area contributed by atoms with Crippen LogP contribution < -0.4 is 5.32 Å². The number of nitrogens with one attached hydrogen (secondary N) is 1. The van der Waals surface area contributed by atoms with E-state index in [0.29, 0.717) is 15.7 Å². The Balaban J connectivity index is 2.28. The lowest BCUT2D eigenvalue weighted by atomic mass is 10.1. The first-order valence-corrected chi connectivity index (χ1v) is 6.60. The molecule has 0 spiro atoms. The van der Waals surface area contributed by atoms with Gasteiger partial charge in [-0.3, -0.25) is 4.79 Å². The molecule has 6 heteroatoms. The number of amides is 1. The van der Waals surface area contributed by atoms with Crippen LogP contribution in [0.15, 0.2) is 41.0 Å². The highest BCUT2D eigenvalue weighted by Crippen LogP contribution is 2.21. The van der Waals surface area contributed by atoms with Crippen molar-refractivity contribution in [2.24, 2.45) is 0 Å². The number of anilines is 1. The van der Waals surface area contributed by atoms with E-state index in [2.05, 4.69) is 26.2 Å². The summed E-state index contributed by atoms with van der Waals surface area (Å²) in [5, 5.41) is 12.0. The fraction of sp³-hybridized carbons (Fsp3) is 0.0769.